The van der Waals surface area contributed by atoms with Crippen molar-refractivity contribution in [1.29, 1.82) is 0 Å². The lowest BCUT2D eigenvalue weighted by Crippen LogP contribution is -2.29. The van der Waals surface area contributed by atoms with Gasteiger partial charge in [-0.3, -0.25) is 14.1 Å². The molecule has 7 nitrogen and oxygen atoms in total. The predicted octanol–water partition coefficient (Wildman–Crippen LogP) is 2.57. The zero-order valence-corrected chi connectivity index (χ0v) is 17.1. The highest BCUT2D eigenvalue weighted by atomic mass is 127. The van der Waals surface area contributed by atoms with E-state index >= 15 is 0 Å². The van der Waals surface area contributed by atoms with Crippen LogP contribution >= 0.6 is 22.6 Å². The Morgan fingerprint density at radius 3 is 2.00 bits per heavy atom. The smallest absolute Gasteiger partial charge is 0.309 e. The first-order chi connectivity index (χ1) is 12.2. The molecule has 0 aliphatic heterocycles. The molecule has 1 N–H and O–H groups in total. The van der Waals surface area contributed by atoms with Crippen molar-refractivity contribution in [2.75, 3.05) is 12.4 Å². The van der Waals surface area contributed by atoms with Crippen LogP contribution in [0.3, 0.4) is 0 Å². The van der Waals surface area contributed by atoms with Gasteiger partial charge in [0, 0.05) is 3.57 Å². The first-order valence-electron chi connectivity index (χ1n) is 8.27. The molecule has 0 amide bonds. The third-order valence-electron chi connectivity index (χ3n) is 4.27. The second kappa shape index (κ2) is 9.65. The highest BCUT2D eigenvalue weighted by Gasteiger charge is 2.31. The number of benzene rings is 1. The Morgan fingerprint density at radius 2 is 1.50 bits per heavy atom. The number of carbonyl (C=O) groups excluding carboxylic acids is 2. The van der Waals surface area contributed by atoms with Crippen LogP contribution in [0, 0.1) is 15.4 Å². The first kappa shape index (κ1) is 21.1. The van der Waals surface area contributed by atoms with E-state index < -0.39 is 21.8 Å². The summed E-state index contributed by atoms with van der Waals surface area (Å²) < 4.78 is 41.1. The molecule has 26 heavy (non-hydrogen) atoms. The van der Waals surface area contributed by atoms with Crippen LogP contribution in [0.1, 0.15) is 31.2 Å². The molecular weight excluding hydrogens is 475 g/mol. The molecule has 0 aromatic heterocycles. The van der Waals surface area contributed by atoms with Crippen molar-refractivity contribution >= 4 is 44.6 Å². The zero-order chi connectivity index (χ0) is 19.2. The Labute approximate surface area is 166 Å². The molecule has 0 unspecified atom stereocenters. The monoisotopic (exact) mass is 496 g/mol. The summed E-state index contributed by atoms with van der Waals surface area (Å²) in [5.74, 6) is -1.95. The van der Waals surface area contributed by atoms with Crippen molar-refractivity contribution in [2.45, 2.75) is 32.3 Å². The maximum atomic E-state index is 12.2. The number of rotatable bonds is 7. The Hall–Kier alpha value is -1.20. The van der Waals surface area contributed by atoms with Crippen molar-refractivity contribution in [3.63, 3.8) is 0 Å². The molecule has 0 heterocycles. The van der Waals surface area contributed by atoms with E-state index in [0.717, 1.165) is 9.13 Å². The van der Waals surface area contributed by atoms with E-state index in [1.165, 1.54) is 0 Å². The van der Waals surface area contributed by atoms with E-state index in [-0.39, 0.29) is 31.0 Å². The fourth-order valence-electron chi connectivity index (χ4n) is 2.78. The van der Waals surface area contributed by atoms with E-state index in [0.29, 0.717) is 25.7 Å². The van der Waals surface area contributed by atoms with Gasteiger partial charge in [-0.2, -0.15) is 8.42 Å². The van der Waals surface area contributed by atoms with Gasteiger partial charge in [0.2, 0.25) is 0 Å². The van der Waals surface area contributed by atoms with Crippen LogP contribution in [0.15, 0.2) is 24.3 Å². The van der Waals surface area contributed by atoms with Crippen molar-refractivity contribution < 1.29 is 32.0 Å². The standard InChI is InChI=1S/C17H21IO7S/c18-15-7-1-12(2-8-15)11-25-17(20)14-5-3-13(4-6-14)16(19)24-9-10-26(21,22)23/h1-2,7-8,13-14H,3-6,9-11H2,(H,21,22,23). The SMILES string of the molecule is O=C(OCCS(=O)(=O)O)C1CCC(C(=O)OCc2ccc(I)cc2)CC1. The lowest BCUT2D eigenvalue weighted by Gasteiger charge is -2.25. The summed E-state index contributed by atoms with van der Waals surface area (Å²) in [5.41, 5.74) is 0.926. The molecule has 1 aromatic rings. The normalized spacial score (nSPS) is 20.4. The van der Waals surface area contributed by atoms with Gasteiger partial charge in [-0.25, -0.2) is 0 Å². The van der Waals surface area contributed by atoms with Crippen LogP contribution < -0.4 is 0 Å². The van der Waals surface area contributed by atoms with Crippen LogP contribution in [-0.2, 0) is 35.8 Å². The second-order valence-electron chi connectivity index (χ2n) is 6.24. The molecule has 0 bridgehead atoms. The molecule has 0 atom stereocenters. The maximum Gasteiger partial charge on any atom is 0.309 e. The number of hydrogen-bond donors (Lipinski definition) is 1. The average Bonchev–Trinajstić information content (AvgIpc) is 2.60. The Bertz CT molecular complexity index is 722. The minimum atomic E-state index is -4.14. The van der Waals surface area contributed by atoms with Crippen LogP contribution in [0.2, 0.25) is 0 Å². The molecule has 0 saturated heterocycles. The van der Waals surface area contributed by atoms with Crippen molar-refractivity contribution in [1.82, 2.24) is 0 Å². The minimum Gasteiger partial charge on any atom is -0.464 e. The Morgan fingerprint density at radius 1 is 1.00 bits per heavy atom. The van der Waals surface area contributed by atoms with Gasteiger partial charge in [-0.05, 0) is 66.0 Å². The highest BCUT2D eigenvalue weighted by molar-refractivity contribution is 14.1. The van der Waals surface area contributed by atoms with Gasteiger partial charge in [0.05, 0.1) is 11.8 Å². The molecule has 1 aliphatic carbocycles. The summed E-state index contributed by atoms with van der Waals surface area (Å²) in [6, 6.07) is 7.72. The summed E-state index contributed by atoms with van der Waals surface area (Å²) in [6.45, 7) is -0.136. The molecule has 1 fully saturated rings. The van der Waals surface area contributed by atoms with E-state index in [2.05, 4.69) is 22.6 Å². The largest absolute Gasteiger partial charge is 0.464 e. The summed E-state index contributed by atoms with van der Waals surface area (Å²) in [5, 5.41) is 0. The van der Waals surface area contributed by atoms with Crippen molar-refractivity contribution in [3.05, 3.63) is 33.4 Å². The third kappa shape index (κ3) is 7.20. The molecule has 2 rings (SSSR count). The maximum absolute atomic E-state index is 12.2. The number of esters is 2. The van der Waals surface area contributed by atoms with E-state index in [1.807, 2.05) is 24.3 Å². The average molecular weight is 496 g/mol. The summed E-state index contributed by atoms with van der Waals surface area (Å²) in [4.78, 5) is 24.0. The summed E-state index contributed by atoms with van der Waals surface area (Å²) in [6.07, 6.45) is 2.05. The minimum absolute atomic E-state index is 0.230. The van der Waals surface area contributed by atoms with Crippen LogP contribution in [0.25, 0.3) is 0 Å². The number of carbonyl (C=O) groups is 2. The number of halogens is 1. The van der Waals surface area contributed by atoms with E-state index in [4.69, 9.17) is 14.0 Å². The van der Waals surface area contributed by atoms with Gasteiger partial charge in [-0.1, -0.05) is 12.1 Å². The highest BCUT2D eigenvalue weighted by Crippen LogP contribution is 2.30. The van der Waals surface area contributed by atoms with E-state index in [9.17, 15) is 18.0 Å². The lowest BCUT2D eigenvalue weighted by molar-refractivity contribution is -0.155. The molecular formula is C17H21IO7S. The predicted molar refractivity (Wildman–Crippen MR) is 102 cm³/mol. The van der Waals surface area contributed by atoms with Crippen molar-refractivity contribution in [3.8, 4) is 0 Å². The fraction of sp³-hybridized carbons (Fsp3) is 0.529. The van der Waals surface area contributed by atoms with Gasteiger partial charge in [0.25, 0.3) is 10.1 Å². The zero-order valence-electron chi connectivity index (χ0n) is 14.1. The molecule has 0 radical (unpaired) electrons. The Kier molecular flexibility index (Phi) is 7.84. The second-order valence-corrected chi connectivity index (χ2v) is 9.05. The Balaban J connectivity index is 1.70. The quantitative estimate of drug-likeness (QED) is 0.351. The van der Waals surface area contributed by atoms with Crippen LogP contribution in [-0.4, -0.2) is 37.3 Å². The van der Waals surface area contributed by atoms with Gasteiger partial charge in [-0.15, -0.1) is 0 Å². The van der Waals surface area contributed by atoms with Gasteiger partial charge in [0.15, 0.2) is 0 Å². The van der Waals surface area contributed by atoms with E-state index in [1.54, 1.807) is 0 Å². The van der Waals surface area contributed by atoms with Crippen LogP contribution in [0.5, 0.6) is 0 Å². The summed E-state index contributed by atoms with van der Waals surface area (Å²) in [7, 11) is -4.14. The number of ether oxygens (including phenoxy) is 2. The molecule has 1 aliphatic rings. The van der Waals surface area contributed by atoms with Crippen molar-refractivity contribution in [2.24, 2.45) is 11.8 Å². The molecule has 144 valence electrons. The topological polar surface area (TPSA) is 107 Å². The molecule has 1 aromatic carbocycles. The number of hydrogen-bond acceptors (Lipinski definition) is 6. The van der Waals surface area contributed by atoms with Gasteiger partial charge >= 0.3 is 11.9 Å². The third-order valence-corrected chi connectivity index (χ3v) is 5.68. The molecule has 9 heteroatoms. The fourth-order valence-corrected chi connectivity index (χ4v) is 3.44. The molecule has 0 spiro atoms. The van der Waals surface area contributed by atoms with Crippen LogP contribution in [0.4, 0.5) is 0 Å². The summed E-state index contributed by atoms with van der Waals surface area (Å²) >= 11 is 2.20. The lowest BCUT2D eigenvalue weighted by atomic mass is 9.82. The first-order valence-corrected chi connectivity index (χ1v) is 11.0. The van der Waals surface area contributed by atoms with Gasteiger partial charge in [0.1, 0.15) is 19.0 Å². The molecule has 1 saturated carbocycles. The van der Waals surface area contributed by atoms with Gasteiger partial charge < -0.3 is 9.47 Å².